The number of carbonyl (C=O) groups is 2. The molecule has 160 valence electrons. The Labute approximate surface area is 185 Å². The maximum atomic E-state index is 13.1. The van der Waals surface area contributed by atoms with Crippen LogP contribution < -0.4 is 10.2 Å². The van der Waals surface area contributed by atoms with E-state index in [4.69, 9.17) is 5.11 Å². The highest BCUT2D eigenvalue weighted by Gasteiger charge is 2.24. The fraction of sp³-hybridized carbons (Fsp3) is 0.409. The predicted molar refractivity (Wildman–Crippen MR) is 125 cm³/mol. The van der Waals surface area contributed by atoms with Crippen LogP contribution in [0.5, 0.6) is 0 Å². The van der Waals surface area contributed by atoms with Gasteiger partial charge in [-0.3, -0.25) is 15.0 Å². The highest BCUT2D eigenvalue weighted by Crippen LogP contribution is 2.31. The van der Waals surface area contributed by atoms with Gasteiger partial charge in [-0.25, -0.2) is 9.78 Å². The molecular weight excluding hydrogens is 418 g/mol. The Hall–Kier alpha value is -2.32. The van der Waals surface area contributed by atoms with E-state index in [1.165, 1.54) is 41.5 Å². The summed E-state index contributed by atoms with van der Waals surface area (Å²) in [6.07, 6.45) is 8.40. The third-order valence-corrected chi connectivity index (χ3v) is 7.36. The maximum absolute atomic E-state index is 13.1. The van der Waals surface area contributed by atoms with Crippen LogP contribution in [-0.2, 0) is 4.79 Å². The molecule has 2 N–H and O–H groups in total. The van der Waals surface area contributed by atoms with E-state index in [1.807, 2.05) is 31.2 Å². The van der Waals surface area contributed by atoms with Crippen molar-refractivity contribution in [2.75, 3.05) is 22.5 Å². The molecule has 1 aliphatic carbocycles. The lowest BCUT2D eigenvalue weighted by Crippen LogP contribution is -2.38. The normalized spacial score (nSPS) is 14.7. The molecular formula is C22H27N3O3S2. The van der Waals surface area contributed by atoms with Gasteiger partial charge < -0.3 is 5.11 Å². The number of benzene rings is 1. The SMILES string of the molecule is C/C=C(\C)c1ccc(N(CC2CCCC2)C(=O)Nc2ncc(SCC(=O)O)s2)cc1. The van der Waals surface area contributed by atoms with Crippen LogP contribution in [0.3, 0.4) is 0 Å². The number of amides is 2. The van der Waals surface area contributed by atoms with Crippen molar-refractivity contribution in [1.29, 1.82) is 0 Å². The summed E-state index contributed by atoms with van der Waals surface area (Å²) >= 11 is 2.49. The van der Waals surface area contributed by atoms with E-state index in [9.17, 15) is 9.59 Å². The van der Waals surface area contributed by atoms with Gasteiger partial charge in [-0.15, -0.1) is 11.8 Å². The number of hydrogen-bond acceptors (Lipinski definition) is 5. The molecule has 1 aromatic carbocycles. The lowest BCUT2D eigenvalue weighted by molar-refractivity contribution is -0.133. The first-order chi connectivity index (χ1) is 14.5. The molecule has 1 fully saturated rings. The van der Waals surface area contributed by atoms with E-state index >= 15 is 0 Å². The number of carboxylic acid groups (broad SMARTS) is 1. The Morgan fingerprint density at radius 3 is 2.63 bits per heavy atom. The number of anilines is 2. The lowest BCUT2D eigenvalue weighted by Gasteiger charge is -2.26. The lowest BCUT2D eigenvalue weighted by atomic mass is 10.1. The van der Waals surface area contributed by atoms with Crippen molar-refractivity contribution >= 4 is 51.5 Å². The second-order valence-electron chi connectivity index (χ2n) is 7.38. The summed E-state index contributed by atoms with van der Waals surface area (Å²) in [4.78, 5) is 29.9. The number of rotatable bonds is 8. The number of urea groups is 1. The van der Waals surface area contributed by atoms with E-state index in [1.54, 1.807) is 11.1 Å². The molecule has 0 radical (unpaired) electrons. The van der Waals surface area contributed by atoms with Gasteiger partial charge in [-0.05, 0) is 55.9 Å². The standard InChI is InChI=1S/C22H27N3O3S2/c1-3-15(2)17-8-10-18(11-9-17)25(13-16-6-4-5-7-16)22(28)24-21-23-12-20(30-21)29-14-19(26)27/h3,8-12,16H,4-7,13-14H2,1-2H3,(H,26,27)(H,23,24,28)/b15-3+. The zero-order valence-corrected chi connectivity index (χ0v) is 18.9. The molecule has 2 aromatic rings. The number of nitrogens with zero attached hydrogens (tertiary/aromatic N) is 2. The van der Waals surface area contributed by atoms with Gasteiger partial charge in [0.15, 0.2) is 5.13 Å². The zero-order valence-electron chi connectivity index (χ0n) is 17.3. The van der Waals surface area contributed by atoms with Gasteiger partial charge in [-0.2, -0.15) is 0 Å². The first-order valence-electron chi connectivity index (χ1n) is 10.1. The summed E-state index contributed by atoms with van der Waals surface area (Å²) in [5, 5.41) is 12.2. The summed E-state index contributed by atoms with van der Waals surface area (Å²) in [7, 11) is 0. The number of hydrogen-bond donors (Lipinski definition) is 2. The van der Waals surface area contributed by atoms with Crippen LogP contribution in [0.25, 0.3) is 5.57 Å². The first-order valence-corrected chi connectivity index (χ1v) is 11.9. The van der Waals surface area contributed by atoms with Gasteiger partial charge in [0.1, 0.15) is 0 Å². The molecule has 1 heterocycles. The Bertz CT molecular complexity index is 903. The van der Waals surface area contributed by atoms with Gasteiger partial charge in [0.2, 0.25) is 0 Å². The van der Waals surface area contributed by atoms with Gasteiger partial charge in [0, 0.05) is 12.2 Å². The zero-order chi connectivity index (χ0) is 21.5. The van der Waals surface area contributed by atoms with E-state index in [-0.39, 0.29) is 11.8 Å². The second kappa shape index (κ2) is 10.6. The Balaban J connectivity index is 1.74. The smallest absolute Gasteiger partial charge is 0.328 e. The molecule has 0 unspecified atom stereocenters. The van der Waals surface area contributed by atoms with Crippen molar-refractivity contribution in [2.24, 2.45) is 5.92 Å². The third-order valence-electron chi connectivity index (χ3n) is 5.26. The second-order valence-corrected chi connectivity index (χ2v) is 9.68. The molecule has 3 rings (SSSR count). The molecule has 1 aromatic heterocycles. The summed E-state index contributed by atoms with van der Waals surface area (Å²) < 4.78 is 0.765. The number of allylic oxidation sites excluding steroid dienone is 2. The molecule has 2 amide bonds. The summed E-state index contributed by atoms with van der Waals surface area (Å²) in [6.45, 7) is 4.76. The van der Waals surface area contributed by atoms with Gasteiger partial charge in [-0.1, -0.05) is 42.4 Å². The topological polar surface area (TPSA) is 82.5 Å². The number of thioether (sulfide) groups is 1. The average Bonchev–Trinajstić information content (AvgIpc) is 3.42. The quantitative estimate of drug-likeness (QED) is 0.489. The number of carboxylic acids is 1. The fourth-order valence-corrected chi connectivity index (χ4v) is 5.09. The number of carbonyl (C=O) groups excluding carboxylic acids is 1. The highest BCUT2D eigenvalue weighted by atomic mass is 32.2. The fourth-order valence-electron chi connectivity index (χ4n) is 3.50. The average molecular weight is 446 g/mol. The van der Waals surface area contributed by atoms with Crippen LogP contribution >= 0.6 is 23.1 Å². The number of aliphatic carboxylic acids is 1. The van der Waals surface area contributed by atoms with Crippen LogP contribution in [0.4, 0.5) is 15.6 Å². The summed E-state index contributed by atoms with van der Waals surface area (Å²) in [6, 6.07) is 7.87. The Kier molecular flexibility index (Phi) is 7.93. The van der Waals surface area contributed by atoms with Crippen LogP contribution in [0.2, 0.25) is 0 Å². The summed E-state index contributed by atoms with van der Waals surface area (Å²) in [5.74, 6) is -0.398. The van der Waals surface area contributed by atoms with Crippen molar-refractivity contribution in [3.8, 4) is 0 Å². The minimum Gasteiger partial charge on any atom is -0.481 e. The van der Waals surface area contributed by atoms with Crippen LogP contribution in [0.15, 0.2) is 40.7 Å². The molecule has 30 heavy (non-hydrogen) atoms. The van der Waals surface area contributed by atoms with Crippen molar-refractivity contribution in [1.82, 2.24) is 4.98 Å². The van der Waals surface area contributed by atoms with Crippen molar-refractivity contribution in [3.05, 3.63) is 42.1 Å². The van der Waals surface area contributed by atoms with E-state index in [0.717, 1.165) is 28.3 Å². The molecule has 8 heteroatoms. The van der Waals surface area contributed by atoms with Gasteiger partial charge in [0.05, 0.1) is 16.2 Å². The highest BCUT2D eigenvalue weighted by molar-refractivity contribution is 8.01. The Morgan fingerprint density at radius 1 is 1.30 bits per heavy atom. The van der Waals surface area contributed by atoms with E-state index in [0.29, 0.717) is 17.6 Å². The molecule has 6 nitrogen and oxygen atoms in total. The van der Waals surface area contributed by atoms with Crippen molar-refractivity contribution < 1.29 is 14.7 Å². The van der Waals surface area contributed by atoms with Crippen LogP contribution in [0, 0.1) is 5.92 Å². The number of aromatic nitrogens is 1. The number of nitrogens with one attached hydrogen (secondary N) is 1. The monoisotopic (exact) mass is 445 g/mol. The molecule has 0 bridgehead atoms. The van der Waals surface area contributed by atoms with Crippen molar-refractivity contribution in [3.63, 3.8) is 0 Å². The minimum atomic E-state index is -0.877. The molecule has 0 aliphatic heterocycles. The van der Waals surface area contributed by atoms with Gasteiger partial charge in [0.25, 0.3) is 0 Å². The first kappa shape index (κ1) is 22.4. The Morgan fingerprint density at radius 2 is 2.00 bits per heavy atom. The molecule has 1 aliphatic rings. The number of thiazole rings is 1. The molecule has 0 spiro atoms. The van der Waals surface area contributed by atoms with E-state index < -0.39 is 5.97 Å². The summed E-state index contributed by atoms with van der Waals surface area (Å²) in [5.41, 5.74) is 3.20. The predicted octanol–water partition coefficient (Wildman–Crippen LogP) is 5.97. The third kappa shape index (κ3) is 6.09. The molecule has 0 atom stereocenters. The van der Waals surface area contributed by atoms with Crippen LogP contribution in [0.1, 0.15) is 45.1 Å². The molecule has 0 saturated heterocycles. The van der Waals surface area contributed by atoms with E-state index in [2.05, 4.69) is 23.3 Å². The maximum Gasteiger partial charge on any atom is 0.328 e. The minimum absolute atomic E-state index is 0.0264. The van der Waals surface area contributed by atoms with Crippen LogP contribution in [-0.4, -0.2) is 34.4 Å². The van der Waals surface area contributed by atoms with Gasteiger partial charge >= 0.3 is 12.0 Å². The van der Waals surface area contributed by atoms with Crippen molar-refractivity contribution in [2.45, 2.75) is 43.7 Å². The molecule has 1 saturated carbocycles. The largest absolute Gasteiger partial charge is 0.481 e.